The van der Waals surface area contributed by atoms with Crippen LogP contribution in [0, 0.1) is 0 Å². The number of anilines is 1. The molecule has 8 heteroatoms. The van der Waals surface area contributed by atoms with Crippen LogP contribution in [-0.4, -0.2) is 44.3 Å². The highest BCUT2D eigenvalue weighted by Gasteiger charge is 2.24. The minimum Gasteiger partial charge on any atom is -0.364 e. The minimum absolute atomic E-state index is 0.390. The van der Waals surface area contributed by atoms with Crippen LogP contribution in [0.2, 0.25) is 0 Å². The Labute approximate surface area is 189 Å². The molecule has 1 aliphatic heterocycles. The summed E-state index contributed by atoms with van der Waals surface area (Å²) in [5.41, 5.74) is 5.64. The number of rotatable bonds is 4. The molecule has 2 N–H and O–H groups in total. The molecule has 1 unspecified atom stereocenters. The van der Waals surface area contributed by atoms with Gasteiger partial charge in [-0.15, -0.1) is 0 Å². The number of hydrogen-bond acceptors (Lipinski definition) is 5. The summed E-state index contributed by atoms with van der Waals surface area (Å²) in [6.45, 7) is 6.48. The van der Waals surface area contributed by atoms with Crippen LogP contribution in [-0.2, 0) is 15.3 Å². The van der Waals surface area contributed by atoms with E-state index in [0.717, 1.165) is 35.3 Å². The number of fused-ring (bicyclic) bond motifs is 1. The highest BCUT2D eigenvalue weighted by molar-refractivity contribution is 7.79. The van der Waals surface area contributed by atoms with E-state index in [1.54, 1.807) is 28.9 Å². The number of thiol groups is 1. The van der Waals surface area contributed by atoms with Gasteiger partial charge in [0, 0.05) is 60.4 Å². The maximum atomic E-state index is 11.5. The molecule has 0 aliphatic carbocycles. The molecule has 1 aliphatic rings. The molecular weight excluding hydrogens is 422 g/mol. The molecule has 7 nitrogen and oxygen atoms in total. The fourth-order valence-electron chi connectivity index (χ4n) is 4.49. The standard InChI is InChI=1S/C24H25N5O2S/c1-16-11-25-12-17(2)29(16)21-8-6-18(7-9-21)20-13-26-24-23(14-27-28(24)15-20)19-4-3-5-22(10-19)32(30)31/h3-10,13-17,25H,11-12H2,1-2H3,(H,30,31)/p+1/t16-,17+. The van der Waals surface area contributed by atoms with Crippen LogP contribution in [0.4, 0.5) is 5.69 Å². The zero-order chi connectivity index (χ0) is 22.2. The molecule has 3 heterocycles. The summed E-state index contributed by atoms with van der Waals surface area (Å²) < 4.78 is 22.6. The molecule has 1 fully saturated rings. The van der Waals surface area contributed by atoms with Gasteiger partial charge in [-0.1, -0.05) is 28.5 Å². The normalized spacial score (nSPS) is 19.9. The first-order valence-electron chi connectivity index (χ1n) is 10.7. The average Bonchev–Trinajstić information content (AvgIpc) is 3.23. The van der Waals surface area contributed by atoms with Gasteiger partial charge in [0.1, 0.15) is 0 Å². The van der Waals surface area contributed by atoms with Crippen molar-refractivity contribution in [2.75, 3.05) is 18.0 Å². The van der Waals surface area contributed by atoms with Crippen LogP contribution in [0.25, 0.3) is 27.9 Å². The number of nitrogens with zero attached hydrogens (tertiary/aromatic N) is 4. The number of nitrogens with one attached hydrogen (secondary N) is 1. The van der Waals surface area contributed by atoms with Gasteiger partial charge in [0.25, 0.3) is 0 Å². The van der Waals surface area contributed by atoms with Crippen LogP contribution >= 0.6 is 0 Å². The lowest BCUT2D eigenvalue weighted by atomic mass is 10.0. The van der Waals surface area contributed by atoms with Crippen LogP contribution in [0.3, 0.4) is 0 Å². The van der Waals surface area contributed by atoms with E-state index in [2.05, 4.69) is 58.4 Å². The lowest BCUT2D eigenvalue weighted by molar-refractivity contribution is 0.432. The Morgan fingerprint density at radius 2 is 1.75 bits per heavy atom. The van der Waals surface area contributed by atoms with E-state index in [-0.39, 0.29) is 0 Å². The number of aromatic nitrogens is 3. The molecule has 0 saturated carbocycles. The second-order valence-corrected chi connectivity index (χ2v) is 9.37. The van der Waals surface area contributed by atoms with Gasteiger partial charge in [-0.25, -0.2) is 9.50 Å². The molecule has 2 aromatic heterocycles. The summed E-state index contributed by atoms with van der Waals surface area (Å²) in [6, 6.07) is 16.5. The lowest BCUT2D eigenvalue weighted by Crippen LogP contribution is -2.55. The highest BCUT2D eigenvalue weighted by atomic mass is 32.2. The van der Waals surface area contributed by atoms with Crippen molar-refractivity contribution >= 4 is 22.4 Å². The van der Waals surface area contributed by atoms with Gasteiger partial charge in [-0.05, 0) is 43.2 Å². The monoisotopic (exact) mass is 448 g/mol. The lowest BCUT2D eigenvalue weighted by Gasteiger charge is -2.41. The molecule has 5 rings (SSSR count). The van der Waals surface area contributed by atoms with Gasteiger partial charge in [0.2, 0.25) is 11.1 Å². The van der Waals surface area contributed by atoms with Gasteiger partial charge >= 0.3 is 0 Å². The van der Waals surface area contributed by atoms with Gasteiger partial charge in [0.15, 0.2) is 10.5 Å². The quantitative estimate of drug-likeness (QED) is 0.365. The Morgan fingerprint density at radius 3 is 2.47 bits per heavy atom. The Kier molecular flexibility index (Phi) is 5.50. The van der Waals surface area contributed by atoms with Crippen molar-refractivity contribution in [2.24, 2.45) is 0 Å². The first-order chi connectivity index (χ1) is 15.5. The number of hydrogen-bond donors (Lipinski definition) is 2. The zero-order valence-corrected chi connectivity index (χ0v) is 18.9. The molecule has 0 radical (unpaired) electrons. The SMILES string of the molecule is C[C@@H]1CNC[C@H](C)N1c1ccc(-c2cnc3c(-c4cccc([SH+](=O)O)c4)cnn3c2)cc1. The summed E-state index contributed by atoms with van der Waals surface area (Å²) >= 11 is -2.38. The zero-order valence-electron chi connectivity index (χ0n) is 18.0. The van der Waals surface area contributed by atoms with Gasteiger partial charge in [-0.2, -0.15) is 9.65 Å². The maximum absolute atomic E-state index is 11.5. The molecule has 0 bridgehead atoms. The van der Waals surface area contributed by atoms with Crippen molar-refractivity contribution in [3.8, 4) is 22.3 Å². The first-order valence-corrected chi connectivity index (χ1v) is 11.9. The van der Waals surface area contributed by atoms with E-state index < -0.39 is 11.1 Å². The number of benzene rings is 2. The first kappa shape index (κ1) is 20.8. The second kappa shape index (κ2) is 8.46. The van der Waals surface area contributed by atoms with Gasteiger partial charge in [-0.3, -0.25) is 0 Å². The fourth-order valence-corrected chi connectivity index (χ4v) is 4.95. The van der Waals surface area contributed by atoms with Crippen LogP contribution in [0.1, 0.15) is 13.8 Å². The van der Waals surface area contributed by atoms with Crippen molar-refractivity contribution < 1.29 is 8.76 Å². The average molecular weight is 449 g/mol. The molecule has 32 heavy (non-hydrogen) atoms. The maximum Gasteiger partial charge on any atom is 0.235 e. The van der Waals surface area contributed by atoms with Crippen molar-refractivity contribution in [1.82, 2.24) is 19.9 Å². The van der Waals surface area contributed by atoms with E-state index in [1.807, 2.05) is 18.5 Å². The van der Waals surface area contributed by atoms with Crippen LogP contribution < -0.4 is 10.2 Å². The fraction of sp³-hybridized carbons (Fsp3) is 0.250. The third-order valence-electron chi connectivity index (χ3n) is 6.06. The molecule has 4 aromatic rings. The van der Waals surface area contributed by atoms with Crippen molar-refractivity contribution in [2.45, 2.75) is 30.8 Å². The predicted octanol–water partition coefficient (Wildman–Crippen LogP) is 3.78. The summed E-state index contributed by atoms with van der Waals surface area (Å²) in [5.74, 6) is 0. The predicted molar refractivity (Wildman–Crippen MR) is 128 cm³/mol. The smallest absolute Gasteiger partial charge is 0.235 e. The van der Waals surface area contributed by atoms with Gasteiger partial charge in [0.05, 0.1) is 6.20 Å². The molecule has 0 amide bonds. The minimum atomic E-state index is -2.38. The molecular formula is C24H26N5O2S+. The Morgan fingerprint density at radius 1 is 1.00 bits per heavy atom. The summed E-state index contributed by atoms with van der Waals surface area (Å²) in [7, 11) is 0. The molecule has 3 atom stereocenters. The van der Waals surface area contributed by atoms with E-state index >= 15 is 0 Å². The van der Waals surface area contributed by atoms with Crippen molar-refractivity contribution in [3.05, 3.63) is 67.1 Å². The Hall–Kier alpha value is -3.07. The third kappa shape index (κ3) is 3.81. The van der Waals surface area contributed by atoms with E-state index in [4.69, 9.17) is 0 Å². The van der Waals surface area contributed by atoms with Gasteiger partial charge < -0.3 is 10.2 Å². The molecule has 1 saturated heterocycles. The summed E-state index contributed by atoms with van der Waals surface area (Å²) in [6.07, 6.45) is 5.56. The molecule has 2 aromatic carbocycles. The van der Waals surface area contributed by atoms with E-state index in [0.29, 0.717) is 22.6 Å². The van der Waals surface area contributed by atoms with Crippen molar-refractivity contribution in [3.63, 3.8) is 0 Å². The van der Waals surface area contributed by atoms with E-state index in [1.165, 1.54) is 5.69 Å². The Balaban J connectivity index is 1.45. The number of piperazine rings is 1. The summed E-state index contributed by atoms with van der Waals surface area (Å²) in [5, 5.41) is 7.94. The third-order valence-corrected chi connectivity index (χ3v) is 6.78. The molecule has 0 spiro atoms. The Bertz CT molecular complexity index is 1280. The van der Waals surface area contributed by atoms with Crippen LogP contribution in [0.15, 0.2) is 72.0 Å². The second-order valence-electron chi connectivity index (χ2n) is 8.30. The topological polar surface area (TPSA) is 82.8 Å². The van der Waals surface area contributed by atoms with Crippen LogP contribution in [0.5, 0.6) is 0 Å². The highest BCUT2D eigenvalue weighted by Crippen LogP contribution is 2.29. The largest absolute Gasteiger partial charge is 0.364 e. The summed E-state index contributed by atoms with van der Waals surface area (Å²) in [4.78, 5) is 7.51. The van der Waals surface area contributed by atoms with E-state index in [9.17, 15) is 8.76 Å². The van der Waals surface area contributed by atoms with Crippen molar-refractivity contribution in [1.29, 1.82) is 0 Å². The molecule has 164 valence electrons.